The molecular formula is C14H20N4O2. The Labute approximate surface area is 118 Å². The van der Waals surface area contributed by atoms with Gasteiger partial charge in [0.05, 0.1) is 5.69 Å². The van der Waals surface area contributed by atoms with E-state index in [1.807, 2.05) is 19.9 Å². The van der Waals surface area contributed by atoms with Gasteiger partial charge in [0.1, 0.15) is 18.2 Å². The van der Waals surface area contributed by atoms with Gasteiger partial charge >= 0.3 is 0 Å². The van der Waals surface area contributed by atoms with Crippen molar-refractivity contribution in [2.24, 2.45) is 0 Å². The lowest BCUT2D eigenvalue weighted by atomic mass is 10.1. The second-order valence-electron chi connectivity index (χ2n) is 4.92. The van der Waals surface area contributed by atoms with E-state index in [1.54, 1.807) is 13.8 Å². The van der Waals surface area contributed by atoms with Crippen molar-refractivity contribution in [1.29, 1.82) is 5.26 Å². The van der Waals surface area contributed by atoms with E-state index in [4.69, 9.17) is 5.26 Å². The van der Waals surface area contributed by atoms with Crippen LogP contribution in [0, 0.1) is 25.2 Å². The molecule has 0 bridgehead atoms. The van der Waals surface area contributed by atoms with Crippen molar-refractivity contribution in [1.82, 2.24) is 15.1 Å². The van der Waals surface area contributed by atoms with Crippen LogP contribution in [0.5, 0.6) is 0 Å². The van der Waals surface area contributed by atoms with E-state index in [2.05, 4.69) is 10.4 Å². The number of carbonyl (C=O) groups is 1. The number of nitrogens with zero attached hydrogens (tertiary/aromatic N) is 3. The van der Waals surface area contributed by atoms with E-state index in [0.29, 0.717) is 11.3 Å². The number of nitriles is 1. The summed E-state index contributed by atoms with van der Waals surface area (Å²) in [5.41, 5.74) is 0.671. The second-order valence-corrected chi connectivity index (χ2v) is 4.92. The third-order valence-corrected chi connectivity index (χ3v) is 3.17. The van der Waals surface area contributed by atoms with E-state index >= 15 is 0 Å². The molecule has 1 aromatic heterocycles. The largest absolute Gasteiger partial charge is 0.352 e. The van der Waals surface area contributed by atoms with E-state index in [-0.39, 0.29) is 24.1 Å². The van der Waals surface area contributed by atoms with Crippen molar-refractivity contribution in [2.75, 3.05) is 0 Å². The van der Waals surface area contributed by atoms with E-state index in [9.17, 15) is 9.59 Å². The van der Waals surface area contributed by atoms with E-state index in [0.717, 1.165) is 17.5 Å². The van der Waals surface area contributed by atoms with E-state index in [1.165, 1.54) is 0 Å². The van der Waals surface area contributed by atoms with Gasteiger partial charge in [-0.1, -0.05) is 13.3 Å². The number of rotatable bonds is 5. The standard InChI is InChI=1S/C14H20N4O2/c1-5-6-9(2)16-13(19)8-18-14(20)12(7-15)10(3)11(4)17-18/h9H,5-6,8H2,1-4H3,(H,16,19). The minimum atomic E-state index is -0.520. The zero-order valence-corrected chi connectivity index (χ0v) is 12.4. The van der Waals surface area contributed by atoms with Gasteiger partial charge in [-0.3, -0.25) is 9.59 Å². The number of aromatic nitrogens is 2. The van der Waals surface area contributed by atoms with Gasteiger partial charge in [-0.05, 0) is 32.8 Å². The Morgan fingerprint density at radius 3 is 2.70 bits per heavy atom. The number of nitrogens with one attached hydrogen (secondary N) is 1. The van der Waals surface area contributed by atoms with Crippen LogP contribution in [0.1, 0.15) is 43.5 Å². The number of carbonyl (C=O) groups excluding carboxylic acids is 1. The summed E-state index contributed by atoms with van der Waals surface area (Å²) >= 11 is 0. The molecule has 6 nitrogen and oxygen atoms in total. The molecular weight excluding hydrogens is 256 g/mol. The van der Waals surface area contributed by atoms with Gasteiger partial charge in [0.25, 0.3) is 5.56 Å². The lowest BCUT2D eigenvalue weighted by molar-refractivity contribution is -0.122. The highest BCUT2D eigenvalue weighted by molar-refractivity contribution is 5.75. The molecule has 0 aliphatic carbocycles. The van der Waals surface area contributed by atoms with Crippen molar-refractivity contribution in [3.63, 3.8) is 0 Å². The van der Waals surface area contributed by atoms with Gasteiger partial charge in [0.15, 0.2) is 0 Å². The highest BCUT2D eigenvalue weighted by Gasteiger charge is 2.14. The van der Waals surface area contributed by atoms with Gasteiger partial charge in [-0.25, -0.2) is 4.68 Å². The minimum Gasteiger partial charge on any atom is -0.352 e. The number of hydrogen-bond acceptors (Lipinski definition) is 4. The van der Waals surface area contributed by atoms with Crippen molar-refractivity contribution < 1.29 is 4.79 Å². The fourth-order valence-electron chi connectivity index (χ4n) is 1.97. The van der Waals surface area contributed by atoms with Crippen LogP contribution in [-0.4, -0.2) is 21.7 Å². The third kappa shape index (κ3) is 3.67. The molecule has 0 aromatic carbocycles. The van der Waals surface area contributed by atoms with Crippen molar-refractivity contribution >= 4 is 5.91 Å². The average Bonchev–Trinajstić information content (AvgIpc) is 2.36. The van der Waals surface area contributed by atoms with Gasteiger partial charge in [-0.15, -0.1) is 0 Å². The highest BCUT2D eigenvalue weighted by Crippen LogP contribution is 2.04. The second kappa shape index (κ2) is 6.85. The maximum Gasteiger partial charge on any atom is 0.285 e. The molecule has 6 heteroatoms. The highest BCUT2D eigenvalue weighted by atomic mass is 16.2. The molecule has 0 saturated heterocycles. The summed E-state index contributed by atoms with van der Waals surface area (Å²) in [5, 5.41) is 15.9. The summed E-state index contributed by atoms with van der Waals surface area (Å²) < 4.78 is 1.05. The van der Waals surface area contributed by atoms with Gasteiger partial charge in [0.2, 0.25) is 5.91 Å². The fourth-order valence-corrected chi connectivity index (χ4v) is 1.97. The van der Waals surface area contributed by atoms with Gasteiger partial charge in [0, 0.05) is 6.04 Å². The fraction of sp³-hybridized carbons (Fsp3) is 0.571. The van der Waals surface area contributed by atoms with Crippen LogP contribution in [0.2, 0.25) is 0 Å². The maximum absolute atomic E-state index is 12.0. The normalized spacial score (nSPS) is 11.8. The Kier molecular flexibility index (Phi) is 5.44. The lowest BCUT2D eigenvalue weighted by Crippen LogP contribution is -2.39. The average molecular weight is 276 g/mol. The van der Waals surface area contributed by atoms with Gasteiger partial charge in [-0.2, -0.15) is 10.4 Å². The summed E-state index contributed by atoms with van der Waals surface area (Å²) in [6, 6.07) is 1.93. The molecule has 0 radical (unpaired) electrons. The first-order valence-electron chi connectivity index (χ1n) is 6.68. The Morgan fingerprint density at radius 1 is 1.50 bits per heavy atom. The zero-order valence-electron chi connectivity index (χ0n) is 12.4. The molecule has 0 aliphatic rings. The predicted octanol–water partition coefficient (Wildman–Crippen LogP) is 1.04. The Morgan fingerprint density at radius 2 is 2.15 bits per heavy atom. The maximum atomic E-state index is 12.0. The van der Waals surface area contributed by atoms with Crippen molar-refractivity contribution in [2.45, 2.75) is 53.1 Å². The predicted molar refractivity (Wildman–Crippen MR) is 75.2 cm³/mol. The molecule has 1 aromatic rings. The van der Waals surface area contributed by atoms with Crippen LogP contribution in [0.3, 0.4) is 0 Å². The molecule has 0 saturated carbocycles. The number of hydrogen-bond donors (Lipinski definition) is 1. The van der Waals surface area contributed by atoms with Gasteiger partial charge < -0.3 is 5.32 Å². The molecule has 108 valence electrons. The molecule has 1 heterocycles. The third-order valence-electron chi connectivity index (χ3n) is 3.17. The topological polar surface area (TPSA) is 87.8 Å². The number of amides is 1. The molecule has 0 aliphatic heterocycles. The van der Waals surface area contributed by atoms with Crippen LogP contribution < -0.4 is 10.9 Å². The molecule has 0 fully saturated rings. The molecule has 1 atom stereocenters. The number of aryl methyl sites for hydroxylation is 1. The quantitative estimate of drug-likeness (QED) is 0.870. The van der Waals surface area contributed by atoms with Crippen molar-refractivity contribution in [3.05, 3.63) is 27.2 Å². The lowest BCUT2D eigenvalue weighted by Gasteiger charge is -2.14. The van der Waals surface area contributed by atoms with Crippen LogP contribution in [-0.2, 0) is 11.3 Å². The first-order chi connectivity index (χ1) is 9.40. The first kappa shape index (κ1) is 15.9. The minimum absolute atomic E-state index is 0.0481. The SMILES string of the molecule is CCCC(C)NC(=O)Cn1nc(C)c(C)c(C#N)c1=O. The zero-order chi connectivity index (χ0) is 15.3. The van der Waals surface area contributed by atoms with Crippen molar-refractivity contribution in [3.8, 4) is 6.07 Å². The summed E-state index contributed by atoms with van der Waals surface area (Å²) in [7, 11) is 0. The molecule has 1 rings (SSSR count). The van der Waals surface area contributed by atoms with Crippen LogP contribution in [0.4, 0.5) is 0 Å². The van der Waals surface area contributed by atoms with Crippen LogP contribution in [0.25, 0.3) is 0 Å². The molecule has 1 unspecified atom stereocenters. The molecule has 20 heavy (non-hydrogen) atoms. The monoisotopic (exact) mass is 276 g/mol. The first-order valence-corrected chi connectivity index (χ1v) is 6.68. The Balaban J connectivity index is 2.94. The Hall–Kier alpha value is -2.16. The summed E-state index contributed by atoms with van der Waals surface area (Å²) in [6.45, 7) is 7.18. The van der Waals surface area contributed by atoms with Crippen LogP contribution >= 0.6 is 0 Å². The Bertz CT molecular complexity index is 598. The molecule has 0 spiro atoms. The molecule has 1 N–H and O–H groups in total. The summed E-state index contributed by atoms with van der Waals surface area (Å²) in [5.74, 6) is -0.271. The summed E-state index contributed by atoms with van der Waals surface area (Å²) in [6.07, 6.45) is 1.85. The molecule has 1 amide bonds. The van der Waals surface area contributed by atoms with Crippen LogP contribution in [0.15, 0.2) is 4.79 Å². The smallest absolute Gasteiger partial charge is 0.285 e. The van der Waals surface area contributed by atoms with E-state index < -0.39 is 5.56 Å². The summed E-state index contributed by atoms with van der Waals surface area (Å²) in [4.78, 5) is 23.9.